The minimum atomic E-state index is -0.923. The number of carboxylic acids is 1. The number of amides is 1. The van der Waals surface area contributed by atoms with Crippen molar-refractivity contribution in [2.75, 3.05) is 13.1 Å². The molecule has 0 radical (unpaired) electrons. The van der Waals surface area contributed by atoms with E-state index in [4.69, 9.17) is 5.11 Å². The summed E-state index contributed by atoms with van der Waals surface area (Å²) in [6.07, 6.45) is 1.27. The molecule has 5 nitrogen and oxygen atoms in total. The van der Waals surface area contributed by atoms with Gasteiger partial charge in [-0.25, -0.2) is 10.2 Å². The van der Waals surface area contributed by atoms with Crippen LogP contribution in [0.1, 0.15) is 22.3 Å². The summed E-state index contributed by atoms with van der Waals surface area (Å²) in [7, 11) is 0. The average molecular weight is 234 g/mol. The number of hydrazine groups is 1. The van der Waals surface area contributed by atoms with E-state index in [1.165, 1.54) is 0 Å². The van der Waals surface area contributed by atoms with Gasteiger partial charge < -0.3 is 5.11 Å². The van der Waals surface area contributed by atoms with E-state index in [0.29, 0.717) is 19.5 Å². The topological polar surface area (TPSA) is 69.6 Å². The summed E-state index contributed by atoms with van der Waals surface area (Å²) in [5.41, 5.74) is 4.30. The van der Waals surface area contributed by atoms with Crippen LogP contribution >= 0.6 is 0 Å². The number of hydrogen-bond donors (Lipinski definition) is 2. The highest BCUT2D eigenvalue weighted by atomic mass is 16.4. The molecule has 0 spiro atoms. The molecule has 1 aliphatic heterocycles. The Kier molecular flexibility index (Phi) is 3.39. The fraction of sp³-hybridized carbons (Fsp3) is 0.333. The molecule has 1 amide bonds. The monoisotopic (exact) mass is 234 g/mol. The van der Waals surface area contributed by atoms with Gasteiger partial charge in [-0.05, 0) is 24.1 Å². The summed E-state index contributed by atoms with van der Waals surface area (Å²) >= 11 is 0. The number of nitrogens with one attached hydrogen (secondary N) is 1. The van der Waals surface area contributed by atoms with Crippen LogP contribution in [0.5, 0.6) is 0 Å². The Bertz CT molecular complexity index is 428. The van der Waals surface area contributed by atoms with Crippen molar-refractivity contribution < 1.29 is 14.7 Å². The van der Waals surface area contributed by atoms with Crippen molar-refractivity contribution in [1.29, 1.82) is 0 Å². The van der Waals surface area contributed by atoms with Crippen LogP contribution in [-0.2, 0) is 11.2 Å². The Hall–Kier alpha value is -1.88. The van der Waals surface area contributed by atoms with Crippen LogP contribution in [0.2, 0.25) is 0 Å². The normalized spacial score (nSPS) is 15.3. The zero-order valence-electron chi connectivity index (χ0n) is 9.35. The third kappa shape index (κ3) is 2.82. The lowest BCUT2D eigenvalue weighted by atomic mass is 10.1. The Morgan fingerprint density at radius 3 is 2.59 bits per heavy atom. The van der Waals surface area contributed by atoms with Gasteiger partial charge in [0.1, 0.15) is 0 Å². The zero-order chi connectivity index (χ0) is 12.3. The van der Waals surface area contributed by atoms with Gasteiger partial charge in [0.15, 0.2) is 0 Å². The number of carboxylic acid groups (broad SMARTS) is 1. The van der Waals surface area contributed by atoms with Gasteiger partial charge in [-0.15, -0.1) is 0 Å². The van der Waals surface area contributed by atoms with Gasteiger partial charge in [-0.3, -0.25) is 9.80 Å². The number of rotatable bonds is 4. The molecule has 2 rings (SSSR count). The number of carbonyl (C=O) groups is 2. The molecule has 17 heavy (non-hydrogen) atoms. The van der Waals surface area contributed by atoms with Gasteiger partial charge in [0.05, 0.1) is 5.56 Å². The number of carbonyl (C=O) groups excluding carboxylic acids is 1. The highest BCUT2D eigenvalue weighted by Crippen LogP contribution is 2.07. The van der Waals surface area contributed by atoms with Crippen molar-refractivity contribution in [3.63, 3.8) is 0 Å². The Morgan fingerprint density at radius 1 is 1.35 bits per heavy atom. The van der Waals surface area contributed by atoms with Crippen LogP contribution < -0.4 is 5.43 Å². The standard InChI is InChI=1S/C12H14N2O3/c15-11-5-7-13-14(11)8-6-9-1-3-10(4-2-9)12(16)17/h1-4,13H,5-8H2,(H,16,17). The van der Waals surface area contributed by atoms with Gasteiger partial charge in [0, 0.05) is 19.5 Å². The molecule has 1 aromatic rings. The summed E-state index contributed by atoms with van der Waals surface area (Å²) < 4.78 is 0. The first-order valence-electron chi connectivity index (χ1n) is 5.53. The summed E-state index contributed by atoms with van der Waals surface area (Å²) in [5, 5.41) is 10.4. The van der Waals surface area contributed by atoms with Crippen LogP contribution in [0.4, 0.5) is 0 Å². The maximum atomic E-state index is 11.3. The van der Waals surface area contributed by atoms with E-state index >= 15 is 0 Å². The van der Waals surface area contributed by atoms with E-state index in [-0.39, 0.29) is 11.5 Å². The molecule has 1 aliphatic rings. The Balaban J connectivity index is 1.91. The predicted octanol–water partition coefficient (Wildman–Crippen LogP) is 0.664. The van der Waals surface area contributed by atoms with Crippen LogP contribution in [0.15, 0.2) is 24.3 Å². The molecule has 0 saturated carbocycles. The van der Waals surface area contributed by atoms with Crippen LogP contribution in [-0.4, -0.2) is 35.1 Å². The number of benzene rings is 1. The Morgan fingerprint density at radius 2 is 2.06 bits per heavy atom. The highest BCUT2D eigenvalue weighted by molar-refractivity contribution is 5.87. The lowest BCUT2D eigenvalue weighted by Gasteiger charge is -2.15. The van der Waals surface area contributed by atoms with Gasteiger partial charge in [-0.1, -0.05) is 12.1 Å². The van der Waals surface area contributed by atoms with Crippen molar-refractivity contribution in [2.45, 2.75) is 12.8 Å². The maximum absolute atomic E-state index is 11.3. The molecule has 0 aromatic heterocycles. The smallest absolute Gasteiger partial charge is 0.335 e. The third-order valence-corrected chi connectivity index (χ3v) is 2.77. The molecule has 0 atom stereocenters. The zero-order valence-corrected chi connectivity index (χ0v) is 9.35. The van der Waals surface area contributed by atoms with E-state index < -0.39 is 5.97 Å². The summed E-state index contributed by atoms with van der Waals surface area (Å²) in [4.78, 5) is 22.0. The second kappa shape index (κ2) is 4.97. The summed E-state index contributed by atoms with van der Waals surface area (Å²) in [6, 6.07) is 6.72. The second-order valence-corrected chi connectivity index (χ2v) is 3.96. The van der Waals surface area contributed by atoms with E-state index in [1.54, 1.807) is 29.3 Å². The van der Waals surface area contributed by atoms with Gasteiger partial charge in [-0.2, -0.15) is 0 Å². The first-order chi connectivity index (χ1) is 8.16. The molecule has 5 heteroatoms. The molecule has 2 N–H and O–H groups in total. The van der Waals surface area contributed by atoms with Crippen molar-refractivity contribution >= 4 is 11.9 Å². The molecular weight excluding hydrogens is 220 g/mol. The largest absolute Gasteiger partial charge is 0.478 e. The lowest BCUT2D eigenvalue weighted by Crippen LogP contribution is -2.35. The minimum absolute atomic E-state index is 0.118. The maximum Gasteiger partial charge on any atom is 0.335 e. The fourth-order valence-electron chi connectivity index (χ4n) is 1.78. The average Bonchev–Trinajstić information content (AvgIpc) is 2.73. The molecule has 90 valence electrons. The Labute approximate surface area is 99.0 Å². The van der Waals surface area contributed by atoms with Crippen molar-refractivity contribution in [1.82, 2.24) is 10.4 Å². The van der Waals surface area contributed by atoms with Crippen LogP contribution in [0, 0.1) is 0 Å². The van der Waals surface area contributed by atoms with Crippen molar-refractivity contribution in [3.8, 4) is 0 Å². The minimum Gasteiger partial charge on any atom is -0.478 e. The quantitative estimate of drug-likeness (QED) is 0.803. The molecule has 1 aromatic carbocycles. The van der Waals surface area contributed by atoms with E-state index in [9.17, 15) is 9.59 Å². The van der Waals surface area contributed by atoms with Crippen LogP contribution in [0.3, 0.4) is 0 Å². The van der Waals surface area contributed by atoms with E-state index in [1.807, 2.05) is 0 Å². The van der Waals surface area contributed by atoms with Crippen molar-refractivity contribution in [3.05, 3.63) is 35.4 Å². The first kappa shape index (κ1) is 11.6. The van der Waals surface area contributed by atoms with Gasteiger partial charge >= 0.3 is 5.97 Å². The van der Waals surface area contributed by atoms with Gasteiger partial charge in [0.2, 0.25) is 5.91 Å². The van der Waals surface area contributed by atoms with Crippen LogP contribution in [0.25, 0.3) is 0 Å². The first-order valence-corrected chi connectivity index (χ1v) is 5.53. The number of hydrogen-bond acceptors (Lipinski definition) is 3. The van der Waals surface area contributed by atoms with Gasteiger partial charge in [0.25, 0.3) is 0 Å². The lowest BCUT2D eigenvalue weighted by molar-refractivity contribution is -0.129. The molecule has 1 fully saturated rings. The SMILES string of the molecule is O=C(O)c1ccc(CCN2NCCC2=O)cc1. The predicted molar refractivity (Wildman–Crippen MR) is 61.4 cm³/mol. The molecule has 0 bridgehead atoms. The molecule has 1 heterocycles. The highest BCUT2D eigenvalue weighted by Gasteiger charge is 2.18. The molecule has 1 saturated heterocycles. The molecule has 0 unspecified atom stereocenters. The van der Waals surface area contributed by atoms with Crippen molar-refractivity contribution in [2.24, 2.45) is 0 Å². The molecule has 0 aliphatic carbocycles. The molecular formula is C12H14N2O3. The van der Waals surface area contributed by atoms with E-state index in [0.717, 1.165) is 12.0 Å². The number of aromatic carboxylic acids is 1. The second-order valence-electron chi connectivity index (χ2n) is 3.96. The summed E-state index contributed by atoms with van der Waals surface area (Å²) in [6.45, 7) is 1.32. The van der Waals surface area contributed by atoms with E-state index in [2.05, 4.69) is 5.43 Å². The summed E-state index contributed by atoms with van der Waals surface area (Å²) in [5.74, 6) is -0.805. The number of nitrogens with zero attached hydrogens (tertiary/aromatic N) is 1. The third-order valence-electron chi connectivity index (χ3n) is 2.77. The fourth-order valence-corrected chi connectivity index (χ4v) is 1.78.